The molecular formula is C15H15N5O3S. The van der Waals surface area contributed by atoms with Crippen molar-refractivity contribution in [1.29, 1.82) is 5.26 Å². The van der Waals surface area contributed by atoms with Crippen molar-refractivity contribution in [3.05, 3.63) is 29.8 Å². The summed E-state index contributed by atoms with van der Waals surface area (Å²) < 4.78 is 6.35. The fourth-order valence-electron chi connectivity index (χ4n) is 1.89. The number of nitrogens with one attached hydrogen (secondary N) is 1. The molecule has 0 aliphatic carbocycles. The quantitative estimate of drug-likeness (QED) is 0.791. The Morgan fingerprint density at radius 1 is 1.42 bits per heavy atom. The fourth-order valence-corrected chi connectivity index (χ4v) is 2.41. The van der Waals surface area contributed by atoms with Crippen molar-refractivity contribution in [1.82, 2.24) is 9.78 Å². The van der Waals surface area contributed by atoms with Crippen molar-refractivity contribution in [2.75, 3.05) is 23.9 Å². The number of thioether (sulfide) groups is 1. The Bertz CT molecular complexity index is 808. The third-order valence-electron chi connectivity index (χ3n) is 2.97. The molecule has 0 radical (unpaired) electrons. The van der Waals surface area contributed by atoms with Crippen LogP contribution in [-0.4, -0.2) is 34.5 Å². The molecular weight excluding hydrogens is 330 g/mol. The van der Waals surface area contributed by atoms with Crippen molar-refractivity contribution in [3.8, 4) is 11.8 Å². The van der Waals surface area contributed by atoms with Gasteiger partial charge in [0.15, 0.2) is 6.61 Å². The van der Waals surface area contributed by atoms with Crippen LogP contribution in [0, 0.1) is 11.3 Å². The van der Waals surface area contributed by atoms with E-state index in [1.807, 2.05) is 6.07 Å². The first-order valence-electron chi connectivity index (χ1n) is 6.82. The molecule has 2 rings (SSSR count). The van der Waals surface area contributed by atoms with Gasteiger partial charge in [0.2, 0.25) is 5.91 Å². The van der Waals surface area contributed by atoms with Crippen LogP contribution in [0.2, 0.25) is 0 Å². The average molecular weight is 345 g/mol. The van der Waals surface area contributed by atoms with Crippen LogP contribution in [0.1, 0.15) is 17.3 Å². The molecule has 0 fully saturated rings. The van der Waals surface area contributed by atoms with Crippen LogP contribution in [0.3, 0.4) is 0 Å². The molecule has 0 unspecified atom stereocenters. The van der Waals surface area contributed by atoms with Gasteiger partial charge in [0.1, 0.15) is 28.2 Å². The predicted molar refractivity (Wildman–Crippen MR) is 90.0 cm³/mol. The highest BCUT2D eigenvalue weighted by Gasteiger charge is 2.19. The highest BCUT2D eigenvalue weighted by molar-refractivity contribution is 7.98. The first-order chi connectivity index (χ1) is 11.5. The molecule has 0 bridgehead atoms. The number of nitrogens with two attached hydrogens (primary N) is 1. The Kier molecular flexibility index (Phi) is 5.44. The Labute approximate surface area is 142 Å². The summed E-state index contributed by atoms with van der Waals surface area (Å²) in [6, 6.07) is 8.49. The molecule has 1 heterocycles. The lowest BCUT2D eigenvalue weighted by molar-refractivity contribution is -0.114. The molecule has 0 atom stereocenters. The van der Waals surface area contributed by atoms with Crippen molar-refractivity contribution >= 4 is 35.1 Å². The molecule has 124 valence electrons. The van der Waals surface area contributed by atoms with E-state index in [2.05, 4.69) is 10.4 Å². The molecule has 24 heavy (non-hydrogen) atoms. The minimum Gasteiger partial charge on any atom is -0.484 e. The van der Waals surface area contributed by atoms with Crippen LogP contribution >= 0.6 is 11.8 Å². The van der Waals surface area contributed by atoms with Crippen LogP contribution in [0.4, 0.5) is 11.5 Å². The normalized spacial score (nSPS) is 10.0. The maximum Gasteiger partial charge on any atom is 0.286 e. The first-order valence-corrected chi connectivity index (χ1v) is 8.05. The second-order valence-corrected chi connectivity index (χ2v) is 5.48. The molecule has 1 amide bonds. The number of amides is 1. The molecule has 0 saturated heterocycles. The number of nitrogen functional groups attached to an aromatic ring is 1. The number of hydrogen-bond acceptors (Lipinski definition) is 7. The number of aromatic nitrogens is 2. The van der Waals surface area contributed by atoms with Crippen molar-refractivity contribution < 1.29 is 14.3 Å². The van der Waals surface area contributed by atoms with E-state index in [4.69, 9.17) is 15.7 Å². The molecule has 0 spiro atoms. The molecule has 1 aromatic carbocycles. The Morgan fingerprint density at radius 3 is 2.58 bits per heavy atom. The summed E-state index contributed by atoms with van der Waals surface area (Å²) in [5.74, 6) is -0.216. The second kappa shape index (κ2) is 7.52. The number of anilines is 2. The molecule has 9 heteroatoms. The smallest absolute Gasteiger partial charge is 0.286 e. The highest BCUT2D eigenvalue weighted by Crippen LogP contribution is 2.23. The summed E-state index contributed by atoms with van der Waals surface area (Å²) >= 11 is 1.23. The number of carbonyl (C=O) groups is 2. The molecule has 0 aliphatic rings. The van der Waals surface area contributed by atoms with Gasteiger partial charge in [0, 0.05) is 12.6 Å². The van der Waals surface area contributed by atoms with Crippen molar-refractivity contribution in [2.24, 2.45) is 0 Å². The maximum atomic E-state index is 12.2. The van der Waals surface area contributed by atoms with E-state index >= 15 is 0 Å². The van der Waals surface area contributed by atoms with E-state index in [-0.39, 0.29) is 23.9 Å². The first kappa shape index (κ1) is 17.4. The Hall–Kier alpha value is -2.99. The van der Waals surface area contributed by atoms with Gasteiger partial charge in [-0.05, 0) is 30.5 Å². The SMILES string of the molecule is CSc1nn(C(=O)COc2ccc(NC(C)=O)cc2)c(N)c1C#N. The van der Waals surface area contributed by atoms with Crippen molar-refractivity contribution in [2.45, 2.75) is 11.9 Å². The van der Waals surface area contributed by atoms with Gasteiger partial charge in [-0.15, -0.1) is 11.8 Å². The summed E-state index contributed by atoms with van der Waals surface area (Å²) in [6.45, 7) is 1.12. The summed E-state index contributed by atoms with van der Waals surface area (Å²) in [4.78, 5) is 23.1. The monoisotopic (exact) mass is 345 g/mol. The Morgan fingerprint density at radius 2 is 2.08 bits per heavy atom. The number of rotatable bonds is 5. The van der Waals surface area contributed by atoms with Gasteiger partial charge in [0.25, 0.3) is 5.91 Å². The predicted octanol–water partition coefficient (Wildman–Crippen LogP) is 1.74. The topological polar surface area (TPSA) is 123 Å². The minimum absolute atomic E-state index is 0.00328. The van der Waals surface area contributed by atoms with Gasteiger partial charge in [-0.25, -0.2) is 0 Å². The number of carbonyl (C=O) groups excluding carboxylic acids is 2. The van der Waals surface area contributed by atoms with E-state index in [1.165, 1.54) is 18.7 Å². The maximum absolute atomic E-state index is 12.2. The van der Waals surface area contributed by atoms with E-state index < -0.39 is 5.91 Å². The molecule has 0 saturated carbocycles. The zero-order valence-electron chi connectivity index (χ0n) is 13.1. The lowest BCUT2D eigenvalue weighted by Gasteiger charge is -2.07. The molecule has 1 aromatic heterocycles. The number of ether oxygens (including phenoxy) is 1. The average Bonchev–Trinajstić information content (AvgIpc) is 2.89. The van der Waals surface area contributed by atoms with Crippen LogP contribution in [0.25, 0.3) is 0 Å². The van der Waals surface area contributed by atoms with Gasteiger partial charge in [-0.2, -0.15) is 15.0 Å². The lowest BCUT2D eigenvalue weighted by Crippen LogP contribution is -2.22. The van der Waals surface area contributed by atoms with Gasteiger partial charge in [-0.1, -0.05) is 0 Å². The van der Waals surface area contributed by atoms with Gasteiger partial charge >= 0.3 is 0 Å². The number of hydrogen-bond donors (Lipinski definition) is 2. The molecule has 2 aromatic rings. The number of nitriles is 1. The highest BCUT2D eigenvalue weighted by atomic mass is 32.2. The summed E-state index contributed by atoms with van der Waals surface area (Å²) in [5.41, 5.74) is 6.58. The minimum atomic E-state index is -0.491. The fraction of sp³-hybridized carbons (Fsp3) is 0.200. The summed E-state index contributed by atoms with van der Waals surface area (Å²) in [7, 11) is 0. The zero-order chi connectivity index (χ0) is 17.7. The third kappa shape index (κ3) is 3.85. The molecule has 0 aliphatic heterocycles. The van der Waals surface area contributed by atoms with Crippen molar-refractivity contribution in [3.63, 3.8) is 0 Å². The van der Waals surface area contributed by atoms with Crippen LogP contribution < -0.4 is 15.8 Å². The molecule has 8 nitrogen and oxygen atoms in total. The zero-order valence-corrected chi connectivity index (χ0v) is 13.9. The van der Waals surface area contributed by atoms with E-state index in [0.717, 1.165) is 4.68 Å². The van der Waals surface area contributed by atoms with E-state index in [9.17, 15) is 9.59 Å². The number of benzene rings is 1. The van der Waals surface area contributed by atoms with Gasteiger partial charge < -0.3 is 15.8 Å². The standard InChI is InChI=1S/C15H15N5O3S/c1-9(21)18-10-3-5-11(6-4-10)23-8-13(22)20-14(17)12(7-16)15(19-20)24-2/h3-6H,8,17H2,1-2H3,(H,18,21). The third-order valence-corrected chi connectivity index (χ3v) is 3.64. The van der Waals surface area contributed by atoms with Crippen LogP contribution in [-0.2, 0) is 4.79 Å². The largest absolute Gasteiger partial charge is 0.484 e. The van der Waals surface area contributed by atoms with Gasteiger partial charge in [-0.3, -0.25) is 9.59 Å². The summed E-state index contributed by atoms with van der Waals surface area (Å²) in [6.07, 6.45) is 1.74. The summed E-state index contributed by atoms with van der Waals surface area (Å²) in [5, 5.41) is 16.1. The Balaban J connectivity index is 2.05. The van der Waals surface area contributed by atoms with E-state index in [1.54, 1.807) is 30.5 Å². The van der Waals surface area contributed by atoms with E-state index in [0.29, 0.717) is 16.5 Å². The van der Waals surface area contributed by atoms with Gasteiger partial charge in [0.05, 0.1) is 0 Å². The van der Waals surface area contributed by atoms with Crippen LogP contribution in [0.5, 0.6) is 5.75 Å². The molecule has 3 N–H and O–H groups in total. The second-order valence-electron chi connectivity index (χ2n) is 4.68. The van der Waals surface area contributed by atoms with Crippen LogP contribution in [0.15, 0.2) is 29.3 Å². The number of nitrogens with zero attached hydrogens (tertiary/aromatic N) is 3. The lowest BCUT2D eigenvalue weighted by atomic mass is 10.3.